The van der Waals surface area contributed by atoms with Crippen LogP contribution in [0.2, 0.25) is 0 Å². The Bertz CT molecular complexity index is 1970. The van der Waals surface area contributed by atoms with Crippen LogP contribution in [0.5, 0.6) is 23.0 Å². The Morgan fingerprint density at radius 1 is 0.720 bits per heavy atom. The van der Waals surface area contributed by atoms with E-state index in [-0.39, 0.29) is 42.3 Å². The SMILES string of the molecule is COc1ccc(C(=O)OC(=O)c2ccc(OC)c(OCC3(C)CC(c4ccccc4F)=NO3)c2)cc1OCC1(C)CC(c2ccncc2)=NO1. The van der Waals surface area contributed by atoms with Crippen LogP contribution >= 0.6 is 0 Å². The van der Waals surface area contributed by atoms with Gasteiger partial charge in [-0.2, -0.15) is 0 Å². The number of hydrogen-bond donors (Lipinski definition) is 0. The first-order chi connectivity index (χ1) is 24.1. The summed E-state index contributed by atoms with van der Waals surface area (Å²) in [6, 6.07) is 18.8. The van der Waals surface area contributed by atoms with Crippen molar-refractivity contribution in [2.24, 2.45) is 10.3 Å². The van der Waals surface area contributed by atoms with Gasteiger partial charge in [-0.25, -0.2) is 14.0 Å². The molecule has 1 aromatic heterocycles. The fourth-order valence-electron chi connectivity index (χ4n) is 5.36. The van der Waals surface area contributed by atoms with E-state index in [1.807, 2.05) is 19.1 Å². The number of oxime groups is 2. The number of ether oxygens (including phenoxy) is 5. The molecule has 0 spiro atoms. The largest absolute Gasteiger partial charge is 0.493 e. The van der Waals surface area contributed by atoms with Crippen molar-refractivity contribution >= 4 is 23.4 Å². The van der Waals surface area contributed by atoms with Crippen molar-refractivity contribution in [3.05, 3.63) is 113 Å². The number of pyridine rings is 1. The minimum absolute atomic E-state index is 0.00186. The minimum atomic E-state index is -0.917. The molecule has 258 valence electrons. The van der Waals surface area contributed by atoms with Crippen molar-refractivity contribution in [1.82, 2.24) is 4.98 Å². The lowest BCUT2D eigenvalue weighted by Crippen LogP contribution is -2.33. The highest BCUT2D eigenvalue weighted by atomic mass is 19.1. The smallest absolute Gasteiger partial charge is 0.346 e. The number of aromatic nitrogens is 1. The number of halogens is 1. The third-order valence-corrected chi connectivity index (χ3v) is 8.08. The monoisotopic (exact) mass is 683 g/mol. The predicted octanol–water partition coefficient (Wildman–Crippen LogP) is 6.16. The molecule has 0 saturated heterocycles. The highest BCUT2D eigenvalue weighted by Crippen LogP contribution is 2.34. The third kappa shape index (κ3) is 7.51. The lowest BCUT2D eigenvalue weighted by atomic mass is 9.96. The first-order valence-corrected chi connectivity index (χ1v) is 15.6. The zero-order valence-electron chi connectivity index (χ0n) is 27.8. The molecule has 3 aromatic carbocycles. The number of esters is 2. The van der Waals surface area contributed by atoms with E-state index in [4.69, 9.17) is 33.4 Å². The molecule has 0 bridgehead atoms. The van der Waals surface area contributed by atoms with Gasteiger partial charge in [0.2, 0.25) is 0 Å². The van der Waals surface area contributed by atoms with Crippen LogP contribution in [0.25, 0.3) is 0 Å². The number of carbonyl (C=O) groups excluding carboxylic acids is 2. The number of hydrogen-bond acceptors (Lipinski definition) is 12. The molecule has 0 N–H and O–H groups in total. The summed E-state index contributed by atoms with van der Waals surface area (Å²) >= 11 is 0. The van der Waals surface area contributed by atoms with Gasteiger partial charge in [-0.15, -0.1) is 0 Å². The molecule has 6 rings (SSSR count). The van der Waals surface area contributed by atoms with E-state index in [9.17, 15) is 14.0 Å². The maximum Gasteiger partial charge on any atom is 0.346 e. The minimum Gasteiger partial charge on any atom is -0.493 e. The average Bonchev–Trinajstić information content (AvgIpc) is 3.73. The maximum atomic E-state index is 14.3. The van der Waals surface area contributed by atoms with Gasteiger partial charge < -0.3 is 33.4 Å². The fraction of sp³-hybridized carbons (Fsp3) is 0.270. The molecular weight excluding hydrogens is 649 g/mol. The molecule has 13 heteroatoms. The van der Waals surface area contributed by atoms with Crippen LogP contribution in [0, 0.1) is 5.82 Å². The summed E-state index contributed by atoms with van der Waals surface area (Å²) in [5.74, 6) is -1.06. The van der Waals surface area contributed by atoms with E-state index in [0.717, 1.165) is 11.3 Å². The van der Waals surface area contributed by atoms with Gasteiger partial charge in [0.15, 0.2) is 34.2 Å². The van der Waals surface area contributed by atoms with Gasteiger partial charge in [-0.1, -0.05) is 28.5 Å². The van der Waals surface area contributed by atoms with E-state index < -0.39 is 29.0 Å². The summed E-state index contributed by atoms with van der Waals surface area (Å²) in [4.78, 5) is 41.6. The van der Waals surface area contributed by atoms with Crippen LogP contribution in [-0.4, -0.2) is 67.0 Å². The third-order valence-electron chi connectivity index (χ3n) is 8.08. The maximum absolute atomic E-state index is 14.3. The van der Waals surface area contributed by atoms with Crippen molar-refractivity contribution < 1.29 is 47.3 Å². The molecule has 2 aliphatic rings. The average molecular weight is 684 g/mol. The van der Waals surface area contributed by atoms with E-state index in [1.165, 1.54) is 50.6 Å². The number of rotatable bonds is 12. The van der Waals surface area contributed by atoms with Crippen LogP contribution in [0.4, 0.5) is 4.39 Å². The van der Waals surface area contributed by atoms with E-state index >= 15 is 0 Å². The molecule has 2 atom stereocenters. The Kier molecular flexibility index (Phi) is 9.66. The molecule has 2 aliphatic heterocycles. The molecule has 0 amide bonds. The van der Waals surface area contributed by atoms with Crippen LogP contribution < -0.4 is 18.9 Å². The van der Waals surface area contributed by atoms with Crippen molar-refractivity contribution in [1.29, 1.82) is 0 Å². The van der Waals surface area contributed by atoms with E-state index in [1.54, 1.807) is 43.6 Å². The number of benzene rings is 3. The van der Waals surface area contributed by atoms with Gasteiger partial charge in [0.25, 0.3) is 0 Å². The molecule has 4 aromatic rings. The van der Waals surface area contributed by atoms with E-state index in [2.05, 4.69) is 15.3 Å². The second kappa shape index (κ2) is 14.2. The summed E-state index contributed by atoms with van der Waals surface area (Å²) in [5, 5.41) is 8.29. The topological polar surface area (TPSA) is 136 Å². The van der Waals surface area contributed by atoms with Gasteiger partial charge in [0, 0.05) is 36.4 Å². The van der Waals surface area contributed by atoms with Gasteiger partial charge in [-0.05, 0) is 68.4 Å². The molecule has 0 aliphatic carbocycles. The Morgan fingerprint density at radius 3 is 1.78 bits per heavy atom. The van der Waals surface area contributed by atoms with E-state index in [0.29, 0.717) is 29.2 Å². The zero-order valence-corrected chi connectivity index (χ0v) is 27.8. The molecular formula is C37H34FN3O9. The highest BCUT2D eigenvalue weighted by Gasteiger charge is 2.38. The van der Waals surface area contributed by atoms with Crippen molar-refractivity contribution in [3.8, 4) is 23.0 Å². The first kappa shape index (κ1) is 33.9. The summed E-state index contributed by atoms with van der Waals surface area (Å²) in [7, 11) is 2.92. The van der Waals surface area contributed by atoms with Crippen LogP contribution in [-0.2, 0) is 14.4 Å². The Labute approximate surface area is 287 Å². The highest BCUT2D eigenvalue weighted by molar-refractivity contribution is 6.03. The zero-order chi connectivity index (χ0) is 35.3. The summed E-state index contributed by atoms with van der Waals surface area (Å²) < 4.78 is 42.4. The van der Waals surface area contributed by atoms with Gasteiger partial charge in [0.05, 0.1) is 36.8 Å². The van der Waals surface area contributed by atoms with Gasteiger partial charge in [-0.3, -0.25) is 4.98 Å². The molecule has 0 radical (unpaired) electrons. The molecule has 0 fully saturated rings. The lowest BCUT2D eigenvalue weighted by molar-refractivity contribution is -0.0362. The fourth-order valence-corrected chi connectivity index (χ4v) is 5.36. The number of nitrogens with zero attached hydrogens (tertiary/aromatic N) is 3. The van der Waals surface area contributed by atoms with Crippen LogP contribution in [0.1, 0.15) is 58.5 Å². The quantitative estimate of drug-likeness (QED) is 0.126. The van der Waals surface area contributed by atoms with Crippen LogP contribution in [0.15, 0.2) is 95.5 Å². The van der Waals surface area contributed by atoms with Crippen molar-refractivity contribution in [2.75, 3.05) is 27.4 Å². The second-order valence-corrected chi connectivity index (χ2v) is 12.2. The normalized spacial score (nSPS) is 19.4. The summed E-state index contributed by atoms with van der Waals surface area (Å²) in [6.07, 6.45) is 4.13. The Morgan fingerprint density at radius 2 is 1.24 bits per heavy atom. The summed E-state index contributed by atoms with van der Waals surface area (Å²) in [6.45, 7) is 3.72. The number of methoxy groups -OCH3 is 2. The number of carbonyl (C=O) groups is 2. The molecule has 0 saturated carbocycles. The molecule has 12 nitrogen and oxygen atoms in total. The predicted molar refractivity (Wildman–Crippen MR) is 179 cm³/mol. The van der Waals surface area contributed by atoms with Gasteiger partial charge >= 0.3 is 11.9 Å². The molecule has 3 heterocycles. The summed E-state index contributed by atoms with van der Waals surface area (Å²) in [5.41, 5.74) is 0.861. The second-order valence-electron chi connectivity index (χ2n) is 12.2. The van der Waals surface area contributed by atoms with Crippen molar-refractivity contribution in [3.63, 3.8) is 0 Å². The lowest BCUT2D eigenvalue weighted by Gasteiger charge is -2.22. The Balaban J connectivity index is 1.08. The Hall–Kier alpha value is -5.98. The van der Waals surface area contributed by atoms with Gasteiger partial charge in [0.1, 0.15) is 19.0 Å². The van der Waals surface area contributed by atoms with Crippen molar-refractivity contribution in [2.45, 2.75) is 37.9 Å². The first-order valence-electron chi connectivity index (χ1n) is 15.6. The van der Waals surface area contributed by atoms with Crippen LogP contribution in [0.3, 0.4) is 0 Å². The standard InChI is InChI=1S/C37H34FN3O9/c1-36(19-28(40-49-36)23-13-15-39-16-14-23)21-46-32-17-24(9-11-30(32)44-3)34(42)48-35(43)25-10-12-31(45-4)33(18-25)47-22-37(2)20-29(41-50-37)26-7-5-6-8-27(26)38/h5-18H,19-22H2,1-4H3. The molecule has 2 unspecified atom stereocenters. The molecule has 50 heavy (non-hydrogen) atoms.